The van der Waals surface area contributed by atoms with E-state index in [0.29, 0.717) is 16.8 Å². The highest BCUT2D eigenvalue weighted by atomic mass is 19.1. The van der Waals surface area contributed by atoms with E-state index in [1.54, 1.807) is 32.0 Å². The second-order valence-electron chi connectivity index (χ2n) is 4.25. The Morgan fingerprint density at radius 3 is 2.68 bits per heavy atom. The Balaban J connectivity index is 2.54. The van der Waals surface area contributed by atoms with E-state index in [-0.39, 0.29) is 12.1 Å². The molecule has 2 aromatic rings. The maximum absolute atomic E-state index is 13.6. The van der Waals surface area contributed by atoms with Crippen LogP contribution in [0, 0.1) is 31.0 Å². The van der Waals surface area contributed by atoms with Crippen molar-refractivity contribution in [1.82, 2.24) is 9.78 Å². The van der Waals surface area contributed by atoms with E-state index < -0.39 is 11.4 Å². The molecule has 0 aliphatic heterocycles. The van der Waals surface area contributed by atoms with Gasteiger partial charge in [0.2, 0.25) is 0 Å². The predicted octanol–water partition coefficient (Wildman–Crippen LogP) is 1.92. The maximum atomic E-state index is 13.6. The predicted molar refractivity (Wildman–Crippen MR) is 68.2 cm³/mol. The number of aromatic nitrogens is 2. The fraction of sp³-hybridized carbons (Fsp3) is 0.214. The largest absolute Gasteiger partial charge is 0.285 e. The Morgan fingerprint density at radius 2 is 2.05 bits per heavy atom. The Kier molecular flexibility index (Phi) is 3.43. The lowest BCUT2D eigenvalue weighted by molar-refractivity contribution is 0.566. The Hall–Kier alpha value is -2.48. The topological polar surface area (TPSA) is 58.7 Å². The van der Waals surface area contributed by atoms with Gasteiger partial charge < -0.3 is 0 Å². The molecule has 1 aromatic carbocycles. The number of rotatable bonds is 2. The quantitative estimate of drug-likeness (QED) is 0.825. The van der Waals surface area contributed by atoms with Crippen molar-refractivity contribution in [3.05, 3.63) is 62.8 Å². The molecule has 0 amide bonds. The lowest BCUT2D eigenvalue weighted by atomic mass is 10.1. The smallest absolute Gasteiger partial charge is 0.266 e. The van der Waals surface area contributed by atoms with Crippen LogP contribution in [0.1, 0.15) is 22.4 Å². The van der Waals surface area contributed by atoms with Crippen LogP contribution in [0.5, 0.6) is 0 Å². The monoisotopic (exact) mass is 257 g/mol. The minimum Gasteiger partial charge on any atom is -0.266 e. The van der Waals surface area contributed by atoms with E-state index in [9.17, 15) is 9.18 Å². The summed E-state index contributed by atoms with van der Waals surface area (Å²) in [6, 6.07) is 8.06. The molecular weight excluding hydrogens is 245 g/mol. The molecule has 0 aliphatic carbocycles. The summed E-state index contributed by atoms with van der Waals surface area (Å²) in [4.78, 5) is 12.0. The summed E-state index contributed by atoms with van der Waals surface area (Å²) in [7, 11) is 0. The van der Waals surface area contributed by atoms with Crippen molar-refractivity contribution >= 4 is 0 Å². The number of nitrogens with zero attached hydrogens (tertiary/aromatic N) is 3. The third kappa shape index (κ3) is 2.38. The number of halogens is 1. The highest BCUT2D eigenvalue weighted by Crippen LogP contribution is 2.09. The molecule has 1 aromatic heterocycles. The molecule has 4 nitrogen and oxygen atoms in total. The van der Waals surface area contributed by atoms with Gasteiger partial charge in [-0.05, 0) is 25.5 Å². The van der Waals surface area contributed by atoms with Gasteiger partial charge in [-0.15, -0.1) is 0 Å². The Labute approximate surface area is 109 Å². The van der Waals surface area contributed by atoms with Crippen molar-refractivity contribution in [2.45, 2.75) is 20.4 Å². The molecule has 0 fully saturated rings. The standard InChI is InChI=1S/C14H12FN3O/c1-9-10(2)17-18(14(19)12(9)7-16)8-11-5-3-4-6-13(11)15/h3-6H,8H2,1-2H3. The number of benzene rings is 1. The highest BCUT2D eigenvalue weighted by molar-refractivity contribution is 5.36. The molecule has 0 saturated carbocycles. The van der Waals surface area contributed by atoms with Gasteiger partial charge in [0, 0.05) is 5.56 Å². The molecule has 1 heterocycles. The van der Waals surface area contributed by atoms with E-state index in [1.807, 2.05) is 6.07 Å². The average Bonchev–Trinajstić information content (AvgIpc) is 2.39. The average molecular weight is 257 g/mol. The molecule has 0 spiro atoms. The summed E-state index contributed by atoms with van der Waals surface area (Å²) < 4.78 is 14.7. The minimum atomic E-state index is -0.492. The van der Waals surface area contributed by atoms with Crippen LogP contribution in [-0.4, -0.2) is 9.78 Å². The van der Waals surface area contributed by atoms with Crippen molar-refractivity contribution in [1.29, 1.82) is 5.26 Å². The summed E-state index contributed by atoms with van der Waals surface area (Å²) in [6.07, 6.45) is 0. The Morgan fingerprint density at radius 1 is 1.37 bits per heavy atom. The first-order chi connectivity index (χ1) is 9.04. The van der Waals surface area contributed by atoms with E-state index >= 15 is 0 Å². The van der Waals surface area contributed by atoms with Gasteiger partial charge >= 0.3 is 0 Å². The van der Waals surface area contributed by atoms with Crippen LogP contribution in [0.2, 0.25) is 0 Å². The summed E-state index contributed by atoms with van der Waals surface area (Å²) in [5, 5.41) is 13.1. The van der Waals surface area contributed by atoms with E-state index in [4.69, 9.17) is 5.26 Å². The molecular formula is C14H12FN3O. The molecule has 0 N–H and O–H groups in total. The van der Waals surface area contributed by atoms with Crippen LogP contribution >= 0.6 is 0 Å². The summed E-state index contributed by atoms with van der Waals surface area (Å²) >= 11 is 0. The molecule has 0 bridgehead atoms. The number of aryl methyl sites for hydroxylation is 1. The van der Waals surface area contributed by atoms with Gasteiger partial charge in [0.05, 0.1) is 12.2 Å². The van der Waals surface area contributed by atoms with Gasteiger partial charge in [0.25, 0.3) is 5.56 Å². The van der Waals surface area contributed by atoms with E-state index in [2.05, 4.69) is 5.10 Å². The van der Waals surface area contributed by atoms with Gasteiger partial charge in [-0.3, -0.25) is 4.79 Å². The van der Waals surface area contributed by atoms with Crippen LogP contribution in [0.15, 0.2) is 29.1 Å². The van der Waals surface area contributed by atoms with Crippen LogP contribution < -0.4 is 5.56 Å². The molecule has 5 heteroatoms. The lowest BCUT2D eigenvalue weighted by Crippen LogP contribution is -2.28. The SMILES string of the molecule is Cc1nn(Cc2ccccc2F)c(=O)c(C#N)c1C. The van der Waals surface area contributed by atoms with Crippen molar-refractivity contribution in [3.8, 4) is 6.07 Å². The number of hydrogen-bond acceptors (Lipinski definition) is 3. The molecule has 0 aliphatic rings. The van der Waals surface area contributed by atoms with Crippen LogP contribution in [-0.2, 0) is 6.54 Å². The zero-order chi connectivity index (χ0) is 14.0. The number of hydrogen-bond donors (Lipinski definition) is 0. The van der Waals surface area contributed by atoms with E-state index in [1.165, 1.54) is 6.07 Å². The number of nitriles is 1. The fourth-order valence-corrected chi connectivity index (χ4v) is 1.80. The third-order valence-electron chi connectivity index (χ3n) is 3.03. The van der Waals surface area contributed by atoms with Crippen molar-refractivity contribution in [2.24, 2.45) is 0 Å². The van der Waals surface area contributed by atoms with Crippen LogP contribution in [0.25, 0.3) is 0 Å². The third-order valence-corrected chi connectivity index (χ3v) is 3.03. The van der Waals surface area contributed by atoms with Crippen molar-refractivity contribution < 1.29 is 4.39 Å². The first-order valence-corrected chi connectivity index (χ1v) is 5.76. The van der Waals surface area contributed by atoms with Gasteiger partial charge in [0.1, 0.15) is 17.4 Å². The highest BCUT2D eigenvalue weighted by Gasteiger charge is 2.12. The van der Waals surface area contributed by atoms with Crippen molar-refractivity contribution in [2.75, 3.05) is 0 Å². The van der Waals surface area contributed by atoms with Gasteiger partial charge in [-0.1, -0.05) is 18.2 Å². The molecule has 0 atom stereocenters. The van der Waals surface area contributed by atoms with Gasteiger partial charge in [-0.25, -0.2) is 9.07 Å². The zero-order valence-electron chi connectivity index (χ0n) is 10.6. The summed E-state index contributed by atoms with van der Waals surface area (Å²) in [5.74, 6) is -0.395. The fourth-order valence-electron chi connectivity index (χ4n) is 1.80. The second-order valence-corrected chi connectivity index (χ2v) is 4.25. The van der Waals surface area contributed by atoms with Crippen LogP contribution in [0.3, 0.4) is 0 Å². The van der Waals surface area contributed by atoms with Gasteiger partial charge in [-0.2, -0.15) is 10.4 Å². The Bertz CT molecular complexity index is 728. The normalized spacial score (nSPS) is 10.2. The van der Waals surface area contributed by atoms with Gasteiger partial charge in [0.15, 0.2) is 0 Å². The molecule has 96 valence electrons. The molecule has 19 heavy (non-hydrogen) atoms. The second kappa shape index (κ2) is 5.02. The van der Waals surface area contributed by atoms with E-state index in [0.717, 1.165) is 4.68 Å². The molecule has 0 radical (unpaired) electrons. The molecule has 0 unspecified atom stereocenters. The first kappa shape index (κ1) is 13.0. The molecule has 2 rings (SSSR count). The minimum absolute atomic E-state index is 0.0152. The zero-order valence-corrected chi connectivity index (χ0v) is 10.6. The first-order valence-electron chi connectivity index (χ1n) is 5.76. The molecule has 0 saturated heterocycles. The lowest BCUT2D eigenvalue weighted by Gasteiger charge is -2.09. The summed E-state index contributed by atoms with van der Waals surface area (Å²) in [5.41, 5.74) is 1.09. The summed E-state index contributed by atoms with van der Waals surface area (Å²) in [6.45, 7) is 3.41. The maximum Gasteiger partial charge on any atom is 0.285 e. The van der Waals surface area contributed by atoms with Crippen molar-refractivity contribution in [3.63, 3.8) is 0 Å². The van der Waals surface area contributed by atoms with Crippen LogP contribution in [0.4, 0.5) is 4.39 Å².